The summed E-state index contributed by atoms with van der Waals surface area (Å²) in [5.41, 5.74) is -4.63. The molecule has 0 spiro atoms. The van der Waals surface area contributed by atoms with E-state index < -0.39 is 102 Å². The Bertz CT molecular complexity index is 1150. The molecule has 50 heavy (non-hydrogen) atoms. The van der Waals surface area contributed by atoms with Crippen molar-refractivity contribution < 1.29 is 64.0 Å². The molecule has 0 aromatic carbocycles. The summed E-state index contributed by atoms with van der Waals surface area (Å²) in [5, 5.41) is 71.2. The van der Waals surface area contributed by atoms with E-state index in [1.807, 2.05) is 13.8 Å². The van der Waals surface area contributed by atoms with Crippen molar-refractivity contribution in [2.45, 2.75) is 180 Å². The summed E-state index contributed by atoms with van der Waals surface area (Å²) in [6.45, 7) is 18.5. The van der Waals surface area contributed by atoms with E-state index in [0.29, 0.717) is 6.42 Å². The first-order valence-electron chi connectivity index (χ1n) is 18.1. The standard InChI is InChI=1S/C36H65NO13/c1-13-24-36(11,43)29(39)20(5)26(37-44)18(3)15-34(9,42)31(50-33-27(38)17(2)14-19(4)46-33)21(6)28(22(7)32(41)48-24)49-25-16-35(10,45-12)30(40)23(8)47-25/h17-25,27-31,33,38-40,42-44H,13-16H2,1-12H3/b37-26-/t17?,18-,19?,20+,21+,22-,23?,24-,25?,27?,28+,29-,30?,31-,33?,34-,35?,36-/m1/s1. The minimum Gasteiger partial charge on any atom is -0.459 e. The molecule has 14 heteroatoms. The molecule has 14 nitrogen and oxygen atoms in total. The molecule has 3 heterocycles. The third-order valence-electron chi connectivity index (χ3n) is 11.6. The second kappa shape index (κ2) is 16.7. The number of methoxy groups -OCH3 is 1. The summed E-state index contributed by atoms with van der Waals surface area (Å²) in [6, 6.07) is 0. The van der Waals surface area contributed by atoms with Gasteiger partial charge in [-0.3, -0.25) is 4.79 Å². The largest absolute Gasteiger partial charge is 0.459 e. The van der Waals surface area contributed by atoms with E-state index in [4.69, 9.17) is 28.4 Å². The maximum atomic E-state index is 14.1. The number of cyclic esters (lactones) is 1. The van der Waals surface area contributed by atoms with Gasteiger partial charge in [0, 0.05) is 31.3 Å². The van der Waals surface area contributed by atoms with Crippen LogP contribution in [0.3, 0.4) is 0 Å². The molecule has 0 saturated carbocycles. The summed E-state index contributed by atoms with van der Waals surface area (Å²) < 4.78 is 37.0. The molecule has 0 radical (unpaired) electrons. The zero-order valence-electron chi connectivity index (χ0n) is 32.0. The average molecular weight is 720 g/mol. The molecule has 18 atom stereocenters. The van der Waals surface area contributed by atoms with Gasteiger partial charge in [-0.15, -0.1) is 0 Å². The number of carbonyl (C=O) groups is 1. The van der Waals surface area contributed by atoms with Crippen LogP contribution in [-0.2, 0) is 33.2 Å². The van der Waals surface area contributed by atoms with Crippen molar-refractivity contribution >= 4 is 11.7 Å². The number of aliphatic hydroxyl groups is 5. The Labute approximate surface area is 297 Å². The molecule has 3 aliphatic rings. The molecule has 3 fully saturated rings. The van der Waals surface area contributed by atoms with E-state index in [0.717, 1.165) is 0 Å². The fourth-order valence-corrected chi connectivity index (χ4v) is 8.36. The van der Waals surface area contributed by atoms with Crippen molar-refractivity contribution in [2.24, 2.45) is 34.7 Å². The fraction of sp³-hybridized carbons (Fsp3) is 0.944. The zero-order valence-corrected chi connectivity index (χ0v) is 32.0. The van der Waals surface area contributed by atoms with Gasteiger partial charge in [-0.25, -0.2) is 0 Å². The van der Waals surface area contributed by atoms with Crippen LogP contribution in [0.1, 0.15) is 102 Å². The van der Waals surface area contributed by atoms with E-state index in [2.05, 4.69) is 5.16 Å². The van der Waals surface area contributed by atoms with Crippen LogP contribution in [0.4, 0.5) is 0 Å². The number of esters is 1. The molecule has 3 saturated heterocycles. The van der Waals surface area contributed by atoms with Crippen LogP contribution in [0.15, 0.2) is 5.16 Å². The molecule has 3 aliphatic heterocycles. The van der Waals surface area contributed by atoms with Gasteiger partial charge in [-0.1, -0.05) is 39.8 Å². The number of ether oxygens (including phenoxy) is 6. The van der Waals surface area contributed by atoms with Gasteiger partial charge in [-0.2, -0.15) is 0 Å². The predicted molar refractivity (Wildman–Crippen MR) is 182 cm³/mol. The molecular formula is C36H65NO13. The SMILES string of the molecule is CC[C@H]1OC(=O)[C@H](C)[C@@H](OC2CC(C)(OC)C(O)C(C)O2)[C@H](C)[C@@H](OC2OC(C)CC(C)C2O)[C@](C)(O)C[C@@H](C)/C(=N/O)[C@H](C)[C@@H](O)[C@]1(C)O. The van der Waals surface area contributed by atoms with Crippen molar-refractivity contribution in [3.63, 3.8) is 0 Å². The topological polar surface area (TPSA) is 206 Å². The van der Waals surface area contributed by atoms with Gasteiger partial charge < -0.3 is 59.2 Å². The summed E-state index contributed by atoms with van der Waals surface area (Å²) in [7, 11) is 1.48. The highest BCUT2D eigenvalue weighted by Crippen LogP contribution is 2.41. The van der Waals surface area contributed by atoms with E-state index in [1.54, 1.807) is 55.4 Å². The maximum Gasteiger partial charge on any atom is 0.311 e. The van der Waals surface area contributed by atoms with E-state index in [9.17, 15) is 35.5 Å². The van der Waals surface area contributed by atoms with Gasteiger partial charge in [0.05, 0.1) is 53.4 Å². The van der Waals surface area contributed by atoms with Crippen molar-refractivity contribution in [3.05, 3.63) is 0 Å². The normalized spacial score (nSPS) is 51.2. The van der Waals surface area contributed by atoms with Crippen molar-refractivity contribution in [1.29, 1.82) is 0 Å². The van der Waals surface area contributed by atoms with E-state index in [-0.39, 0.29) is 37.0 Å². The van der Waals surface area contributed by atoms with Gasteiger partial charge in [0.25, 0.3) is 0 Å². The van der Waals surface area contributed by atoms with Crippen molar-refractivity contribution in [2.75, 3.05) is 7.11 Å². The average Bonchev–Trinajstić information content (AvgIpc) is 3.03. The monoisotopic (exact) mass is 719 g/mol. The van der Waals surface area contributed by atoms with Crippen LogP contribution in [0.2, 0.25) is 0 Å². The molecule has 8 unspecified atom stereocenters. The minimum atomic E-state index is -1.96. The lowest BCUT2D eigenvalue weighted by Gasteiger charge is -2.48. The lowest BCUT2D eigenvalue weighted by Crippen LogP contribution is -2.60. The van der Waals surface area contributed by atoms with Gasteiger partial charge in [0.1, 0.15) is 23.9 Å². The van der Waals surface area contributed by atoms with Gasteiger partial charge >= 0.3 is 5.97 Å². The van der Waals surface area contributed by atoms with Crippen LogP contribution < -0.4 is 0 Å². The lowest BCUT2D eigenvalue weighted by atomic mass is 9.73. The number of aliphatic hydroxyl groups excluding tert-OH is 3. The summed E-state index contributed by atoms with van der Waals surface area (Å²) in [6.07, 6.45) is -9.15. The van der Waals surface area contributed by atoms with Crippen LogP contribution in [0.25, 0.3) is 0 Å². The number of rotatable bonds is 6. The van der Waals surface area contributed by atoms with Crippen LogP contribution in [0.5, 0.6) is 0 Å². The highest BCUT2D eigenvalue weighted by atomic mass is 16.7. The van der Waals surface area contributed by atoms with Crippen molar-refractivity contribution in [3.8, 4) is 0 Å². The molecule has 292 valence electrons. The Morgan fingerprint density at radius 1 is 0.900 bits per heavy atom. The predicted octanol–water partition coefficient (Wildman–Crippen LogP) is 2.75. The first-order valence-corrected chi connectivity index (χ1v) is 18.1. The first kappa shape index (κ1) is 42.9. The molecule has 0 amide bonds. The summed E-state index contributed by atoms with van der Waals surface area (Å²) >= 11 is 0. The molecule has 3 rings (SSSR count). The number of hydrogen-bond acceptors (Lipinski definition) is 14. The van der Waals surface area contributed by atoms with Crippen molar-refractivity contribution in [1.82, 2.24) is 0 Å². The Hall–Kier alpha value is -1.46. The summed E-state index contributed by atoms with van der Waals surface area (Å²) in [4.78, 5) is 14.1. The van der Waals surface area contributed by atoms with Gasteiger partial charge in [0.15, 0.2) is 12.6 Å². The van der Waals surface area contributed by atoms with E-state index >= 15 is 0 Å². The van der Waals surface area contributed by atoms with E-state index in [1.165, 1.54) is 14.0 Å². The molecular weight excluding hydrogens is 654 g/mol. The first-order chi connectivity index (χ1) is 23.1. The number of carbonyl (C=O) groups excluding carboxylic acids is 1. The third-order valence-corrected chi connectivity index (χ3v) is 11.6. The molecule has 0 bridgehead atoms. The third kappa shape index (κ3) is 9.00. The Morgan fingerprint density at radius 2 is 1.52 bits per heavy atom. The van der Waals surface area contributed by atoms with Gasteiger partial charge in [0.2, 0.25) is 0 Å². The highest BCUT2D eigenvalue weighted by Gasteiger charge is 2.53. The molecule has 0 aromatic rings. The zero-order chi connectivity index (χ0) is 38.1. The van der Waals surface area contributed by atoms with Gasteiger partial charge in [-0.05, 0) is 66.7 Å². The lowest BCUT2D eigenvalue weighted by molar-refractivity contribution is -0.317. The number of nitrogens with zero attached hydrogens (tertiary/aromatic N) is 1. The highest BCUT2D eigenvalue weighted by molar-refractivity contribution is 5.88. The molecule has 0 aliphatic carbocycles. The number of hydrogen-bond donors (Lipinski definition) is 6. The van der Waals surface area contributed by atoms with Crippen LogP contribution >= 0.6 is 0 Å². The molecule has 0 aromatic heterocycles. The Kier molecular flexibility index (Phi) is 14.3. The Balaban J connectivity index is 2.19. The maximum absolute atomic E-state index is 14.1. The molecule has 6 N–H and O–H groups in total. The Morgan fingerprint density at radius 3 is 2.08 bits per heavy atom. The second-order valence-corrected chi connectivity index (χ2v) is 16.0. The van der Waals surface area contributed by atoms with Crippen LogP contribution in [-0.4, -0.2) is 128 Å². The fourth-order valence-electron chi connectivity index (χ4n) is 8.36. The second-order valence-electron chi connectivity index (χ2n) is 16.0. The number of oxime groups is 1. The minimum absolute atomic E-state index is 0.0534. The van der Waals surface area contributed by atoms with Crippen LogP contribution in [0, 0.1) is 29.6 Å². The summed E-state index contributed by atoms with van der Waals surface area (Å²) in [5.74, 6) is -4.35. The smallest absolute Gasteiger partial charge is 0.311 e. The quantitative estimate of drug-likeness (QED) is 0.133.